The molecule has 82 valence electrons. The molecule has 3 heteroatoms. The third kappa shape index (κ3) is 1.72. The summed E-state index contributed by atoms with van der Waals surface area (Å²) in [5.41, 5.74) is 1.54. The smallest absolute Gasteiger partial charge is 0.194 e. The molecular weight excluding hydrogens is 207 g/mol. The lowest BCUT2D eigenvalue weighted by Crippen LogP contribution is -1.90. The van der Waals surface area contributed by atoms with Gasteiger partial charge in [0.05, 0.1) is 7.11 Å². The molecule has 0 heterocycles. The number of aromatic hydroxyl groups is 1. The van der Waals surface area contributed by atoms with E-state index in [0.717, 1.165) is 5.56 Å². The van der Waals surface area contributed by atoms with Gasteiger partial charge >= 0.3 is 0 Å². The molecule has 2 aromatic carbocycles. The van der Waals surface area contributed by atoms with Crippen LogP contribution in [0.4, 0.5) is 4.39 Å². The van der Waals surface area contributed by atoms with E-state index < -0.39 is 11.6 Å². The predicted molar refractivity (Wildman–Crippen MR) is 60.1 cm³/mol. The van der Waals surface area contributed by atoms with Crippen molar-refractivity contribution in [1.29, 1.82) is 0 Å². The molecule has 2 aromatic rings. The summed E-state index contributed by atoms with van der Waals surface area (Å²) in [5, 5.41) is 9.54. The second-order valence-electron chi connectivity index (χ2n) is 3.34. The average molecular weight is 218 g/mol. The van der Waals surface area contributed by atoms with E-state index in [9.17, 15) is 9.50 Å². The van der Waals surface area contributed by atoms with Gasteiger partial charge in [-0.25, -0.2) is 4.39 Å². The lowest BCUT2D eigenvalue weighted by Gasteiger charge is -2.10. The van der Waals surface area contributed by atoms with E-state index in [0.29, 0.717) is 5.56 Å². The van der Waals surface area contributed by atoms with Crippen molar-refractivity contribution in [3.05, 3.63) is 48.3 Å². The lowest BCUT2D eigenvalue weighted by molar-refractivity contribution is 0.358. The van der Waals surface area contributed by atoms with E-state index >= 15 is 0 Å². The van der Waals surface area contributed by atoms with Crippen molar-refractivity contribution in [3.8, 4) is 22.6 Å². The zero-order chi connectivity index (χ0) is 11.5. The predicted octanol–water partition coefficient (Wildman–Crippen LogP) is 3.21. The third-order valence-electron chi connectivity index (χ3n) is 2.37. The van der Waals surface area contributed by atoms with E-state index in [4.69, 9.17) is 4.74 Å². The van der Waals surface area contributed by atoms with E-state index in [-0.39, 0.29) is 5.75 Å². The largest absolute Gasteiger partial charge is 0.502 e. The van der Waals surface area contributed by atoms with Crippen molar-refractivity contribution in [2.45, 2.75) is 0 Å². The van der Waals surface area contributed by atoms with Crippen molar-refractivity contribution in [2.24, 2.45) is 0 Å². The van der Waals surface area contributed by atoms with Gasteiger partial charge in [0.15, 0.2) is 17.3 Å². The van der Waals surface area contributed by atoms with Crippen LogP contribution in [-0.4, -0.2) is 12.2 Å². The second-order valence-corrected chi connectivity index (χ2v) is 3.34. The number of methoxy groups -OCH3 is 1. The Bertz CT molecular complexity index is 495. The van der Waals surface area contributed by atoms with Gasteiger partial charge in [-0.15, -0.1) is 0 Å². The Hall–Kier alpha value is -2.03. The molecule has 1 N–H and O–H groups in total. The van der Waals surface area contributed by atoms with Crippen LogP contribution in [0.3, 0.4) is 0 Å². The molecule has 0 spiro atoms. The highest BCUT2D eigenvalue weighted by Crippen LogP contribution is 2.38. The van der Waals surface area contributed by atoms with Gasteiger partial charge in [0, 0.05) is 5.56 Å². The van der Waals surface area contributed by atoms with Crippen molar-refractivity contribution < 1.29 is 14.2 Å². The maximum Gasteiger partial charge on any atom is 0.194 e. The SMILES string of the molecule is COc1c(-c2ccccc2)ccc(F)c1O. The summed E-state index contributed by atoms with van der Waals surface area (Å²) >= 11 is 0. The topological polar surface area (TPSA) is 29.5 Å². The summed E-state index contributed by atoms with van der Waals surface area (Å²) in [6.07, 6.45) is 0. The van der Waals surface area contributed by atoms with Crippen molar-refractivity contribution in [2.75, 3.05) is 7.11 Å². The van der Waals surface area contributed by atoms with Gasteiger partial charge in [-0.1, -0.05) is 30.3 Å². The molecule has 0 fully saturated rings. The van der Waals surface area contributed by atoms with Gasteiger partial charge in [0.1, 0.15) is 0 Å². The number of rotatable bonds is 2. The number of ether oxygens (including phenoxy) is 1. The van der Waals surface area contributed by atoms with E-state index in [1.165, 1.54) is 13.2 Å². The third-order valence-corrected chi connectivity index (χ3v) is 2.37. The number of halogens is 1. The maximum atomic E-state index is 13.1. The summed E-state index contributed by atoms with van der Waals surface area (Å²) in [5.74, 6) is -0.980. The fraction of sp³-hybridized carbons (Fsp3) is 0.0769. The highest BCUT2D eigenvalue weighted by molar-refractivity contribution is 5.73. The summed E-state index contributed by atoms with van der Waals surface area (Å²) < 4.78 is 18.2. The van der Waals surface area contributed by atoms with Crippen LogP contribution in [0.5, 0.6) is 11.5 Å². The fourth-order valence-corrected chi connectivity index (χ4v) is 1.60. The van der Waals surface area contributed by atoms with Crippen molar-refractivity contribution in [3.63, 3.8) is 0 Å². The second kappa shape index (κ2) is 4.23. The van der Waals surface area contributed by atoms with Crippen LogP contribution < -0.4 is 4.74 Å². The summed E-state index contributed by atoms with van der Waals surface area (Å²) in [6.45, 7) is 0. The molecule has 0 aliphatic carbocycles. The summed E-state index contributed by atoms with van der Waals surface area (Å²) in [4.78, 5) is 0. The van der Waals surface area contributed by atoms with Crippen LogP contribution in [0.2, 0.25) is 0 Å². The zero-order valence-corrected chi connectivity index (χ0v) is 8.77. The van der Waals surface area contributed by atoms with Gasteiger partial charge in [-0.05, 0) is 17.7 Å². The first kappa shape index (κ1) is 10.5. The molecule has 0 aromatic heterocycles. The number of phenols is 1. The Morgan fingerprint density at radius 3 is 2.38 bits per heavy atom. The molecule has 0 saturated heterocycles. The molecular formula is C13H11FO2. The minimum absolute atomic E-state index is 0.159. The minimum Gasteiger partial charge on any atom is -0.502 e. The van der Waals surface area contributed by atoms with Gasteiger partial charge in [-0.3, -0.25) is 0 Å². The Morgan fingerprint density at radius 2 is 1.75 bits per heavy atom. The molecule has 0 radical (unpaired) electrons. The Balaban J connectivity index is 2.62. The van der Waals surface area contributed by atoms with Crippen LogP contribution in [0.15, 0.2) is 42.5 Å². The zero-order valence-electron chi connectivity index (χ0n) is 8.77. The van der Waals surface area contributed by atoms with E-state index in [1.807, 2.05) is 30.3 Å². The highest BCUT2D eigenvalue weighted by Gasteiger charge is 2.14. The average Bonchev–Trinajstić information content (AvgIpc) is 2.33. The van der Waals surface area contributed by atoms with Gasteiger partial charge in [0.25, 0.3) is 0 Å². The molecule has 0 unspecified atom stereocenters. The maximum absolute atomic E-state index is 13.1. The molecule has 0 aliphatic heterocycles. The molecule has 2 nitrogen and oxygen atoms in total. The Kier molecular flexibility index (Phi) is 2.77. The van der Waals surface area contributed by atoms with Crippen molar-refractivity contribution >= 4 is 0 Å². The standard InChI is InChI=1S/C13H11FO2/c1-16-13-10(7-8-11(14)12(13)15)9-5-3-2-4-6-9/h2-8,15H,1H3. The number of hydrogen-bond donors (Lipinski definition) is 1. The first-order valence-corrected chi connectivity index (χ1v) is 4.85. The molecule has 0 amide bonds. The molecule has 0 saturated carbocycles. The number of hydrogen-bond acceptors (Lipinski definition) is 2. The van der Waals surface area contributed by atoms with E-state index in [1.54, 1.807) is 6.07 Å². The van der Waals surface area contributed by atoms with Crippen LogP contribution in [0.1, 0.15) is 0 Å². The number of benzene rings is 2. The van der Waals surface area contributed by atoms with Crippen LogP contribution in [-0.2, 0) is 0 Å². The fourth-order valence-electron chi connectivity index (χ4n) is 1.60. The summed E-state index contributed by atoms with van der Waals surface area (Å²) in [7, 11) is 1.40. The van der Waals surface area contributed by atoms with Gasteiger partial charge in [-0.2, -0.15) is 0 Å². The van der Waals surface area contributed by atoms with Crippen LogP contribution in [0, 0.1) is 5.82 Å². The van der Waals surface area contributed by atoms with Gasteiger partial charge in [0.2, 0.25) is 0 Å². The van der Waals surface area contributed by atoms with Crippen LogP contribution >= 0.6 is 0 Å². The van der Waals surface area contributed by atoms with Crippen LogP contribution in [0.25, 0.3) is 11.1 Å². The first-order valence-electron chi connectivity index (χ1n) is 4.85. The first-order chi connectivity index (χ1) is 7.74. The van der Waals surface area contributed by atoms with Gasteiger partial charge < -0.3 is 9.84 Å². The number of phenolic OH excluding ortho intramolecular Hbond substituents is 1. The molecule has 0 atom stereocenters. The molecule has 0 bridgehead atoms. The molecule has 0 aliphatic rings. The van der Waals surface area contributed by atoms with E-state index in [2.05, 4.69) is 0 Å². The monoisotopic (exact) mass is 218 g/mol. The minimum atomic E-state index is -0.684. The highest BCUT2D eigenvalue weighted by atomic mass is 19.1. The quantitative estimate of drug-likeness (QED) is 0.838. The Labute approximate surface area is 92.9 Å². The van der Waals surface area contributed by atoms with Crippen molar-refractivity contribution in [1.82, 2.24) is 0 Å². The normalized spacial score (nSPS) is 10.1. The Morgan fingerprint density at radius 1 is 1.06 bits per heavy atom. The molecule has 16 heavy (non-hydrogen) atoms. The summed E-state index contributed by atoms with van der Waals surface area (Å²) in [6, 6.07) is 12.2. The lowest BCUT2D eigenvalue weighted by atomic mass is 10.0. The molecule has 2 rings (SSSR count).